The van der Waals surface area contributed by atoms with Crippen molar-refractivity contribution >= 4 is 29.1 Å². The van der Waals surface area contributed by atoms with Gasteiger partial charge in [0, 0.05) is 6.20 Å². The third-order valence-corrected chi connectivity index (χ3v) is 5.93. The van der Waals surface area contributed by atoms with Crippen LogP contribution in [-0.2, 0) is 21.9 Å². The number of carbonyl (C=O) groups is 2. The number of hydrogen-bond donors (Lipinski definition) is 0. The zero-order chi connectivity index (χ0) is 22.5. The van der Waals surface area contributed by atoms with Gasteiger partial charge in [0.2, 0.25) is 0 Å². The summed E-state index contributed by atoms with van der Waals surface area (Å²) in [7, 11) is 0. The van der Waals surface area contributed by atoms with Crippen LogP contribution in [0.3, 0.4) is 0 Å². The molecule has 3 heterocycles. The highest BCUT2D eigenvalue weighted by atomic mass is 32.2. The quantitative estimate of drug-likeness (QED) is 0.433. The highest BCUT2D eigenvalue weighted by molar-refractivity contribution is 8.03. The summed E-state index contributed by atoms with van der Waals surface area (Å²) in [6.07, 6.45) is 3.24. The smallest absolute Gasteiger partial charge is 0.268 e. The van der Waals surface area contributed by atoms with Crippen LogP contribution in [0.25, 0.3) is 5.57 Å². The topological polar surface area (TPSA) is 72.6 Å². The Morgan fingerprint density at radius 3 is 2.50 bits per heavy atom. The normalized spacial score (nSPS) is 14.0. The van der Waals surface area contributed by atoms with Crippen LogP contribution in [0.2, 0.25) is 0 Å². The number of rotatable bonds is 9. The van der Waals surface area contributed by atoms with Crippen molar-refractivity contribution in [2.45, 2.75) is 26.1 Å². The minimum absolute atomic E-state index is 0.127. The first-order chi connectivity index (χ1) is 15.5. The number of aromatic nitrogens is 1. The molecule has 164 valence electrons. The number of imide groups is 1. The molecule has 3 aromatic rings. The molecule has 1 aliphatic rings. The Bertz CT molecular complexity index is 1110. The molecule has 0 bridgehead atoms. The molecule has 0 spiro atoms. The Kier molecular flexibility index (Phi) is 6.75. The van der Waals surface area contributed by atoms with Gasteiger partial charge in [0.25, 0.3) is 11.8 Å². The Morgan fingerprint density at radius 2 is 1.84 bits per heavy atom. The monoisotopic (exact) mass is 448 g/mol. The predicted octanol–water partition coefficient (Wildman–Crippen LogP) is 4.92. The van der Waals surface area contributed by atoms with Crippen LogP contribution in [0, 0.1) is 5.92 Å². The zero-order valence-corrected chi connectivity index (χ0v) is 18.8. The molecule has 6 nitrogen and oxygen atoms in total. The number of hydrogen-bond acceptors (Lipinski definition) is 6. The molecular formula is C25H24N2O4S. The minimum atomic E-state index is -0.321. The van der Waals surface area contributed by atoms with Crippen LogP contribution in [0.1, 0.15) is 30.9 Å². The number of carbonyl (C=O) groups excluding carboxylic acids is 2. The largest absolute Gasteiger partial charge is 0.493 e. The van der Waals surface area contributed by atoms with Gasteiger partial charge < -0.3 is 9.15 Å². The third kappa shape index (κ3) is 4.94. The second-order valence-corrected chi connectivity index (χ2v) is 8.80. The molecule has 0 unspecified atom stereocenters. The van der Waals surface area contributed by atoms with Crippen LogP contribution in [0.15, 0.2) is 76.4 Å². The molecule has 0 aliphatic carbocycles. The second kappa shape index (κ2) is 9.87. The van der Waals surface area contributed by atoms with E-state index in [-0.39, 0.29) is 18.4 Å². The lowest BCUT2D eigenvalue weighted by Crippen LogP contribution is -2.31. The van der Waals surface area contributed by atoms with Gasteiger partial charge >= 0.3 is 0 Å². The molecule has 0 saturated heterocycles. The van der Waals surface area contributed by atoms with Gasteiger partial charge in [0.05, 0.1) is 41.3 Å². The summed E-state index contributed by atoms with van der Waals surface area (Å²) in [5.74, 6) is 1.71. The molecule has 0 saturated carbocycles. The van der Waals surface area contributed by atoms with E-state index < -0.39 is 0 Å². The SMILES string of the molecule is CC(C)COc1ccc(C2=C(SCc3ccco3)C(=O)N(Cc3ccccn3)C2=O)cc1. The van der Waals surface area contributed by atoms with E-state index in [1.807, 2.05) is 36.4 Å². The summed E-state index contributed by atoms with van der Waals surface area (Å²) in [4.78, 5) is 32.5. The van der Waals surface area contributed by atoms with Crippen LogP contribution in [0.4, 0.5) is 0 Å². The van der Waals surface area contributed by atoms with Crippen molar-refractivity contribution in [3.05, 3.63) is 89.0 Å². The molecule has 0 atom stereocenters. The third-order valence-electron chi connectivity index (χ3n) is 4.84. The fourth-order valence-electron chi connectivity index (χ4n) is 3.26. The van der Waals surface area contributed by atoms with Crippen LogP contribution in [-0.4, -0.2) is 28.3 Å². The van der Waals surface area contributed by atoms with Crippen molar-refractivity contribution in [2.24, 2.45) is 5.92 Å². The highest BCUT2D eigenvalue weighted by Crippen LogP contribution is 2.38. The summed E-state index contributed by atoms with van der Waals surface area (Å²) in [5.41, 5.74) is 1.74. The number of ether oxygens (including phenoxy) is 1. The summed E-state index contributed by atoms with van der Waals surface area (Å²) in [6.45, 7) is 4.91. The first kappa shape index (κ1) is 21.9. The van der Waals surface area contributed by atoms with Crippen molar-refractivity contribution in [3.8, 4) is 5.75 Å². The fraction of sp³-hybridized carbons (Fsp3) is 0.240. The van der Waals surface area contributed by atoms with Crippen molar-refractivity contribution in [2.75, 3.05) is 6.61 Å². The lowest BCUT2D eigenvalue weighted by atomic mass is 10.1. The Hall–Kier alpha value is -3.32. The average molecular weight is 449 g/mol. The van der Waals surface area contributed by atoms with Gasteiger partial charge in [-0.3, -0.25) is 19.5 Å². The van der Waals surface area contributed by atoms with Crippen molar-refractivity contribution in [1.29, 1.82) is 0 Å². The number of amides is 2. The summed E-state index contributed by atoms with van der Waals surface area (Å²) in [5, 5.41) is 0. The molecule has 1 aromatic carbocycles. The Balaban J connectivity index is 1.62. The predicted molar refractivity (Wildman–Crippen MR) is 123 cm³/mol. The molecule has 0 radical (unpaired) electrons. The molecule has 7 heteroatoms. The van der Waals surface area contributed by atoms with Crippen LogP contribution in [0.5, 0.6) is 5.75 Å². The van der Waals surface area contributed by atoms with E-state index in [4.69, 9.17) is 9.15 Å². The number of furan rings is 1. The zero-order valence-electron chi connectivity index (χ0n) is 18.0. The van der Waals surface area contributed by atoms with Gasteiger partial charge in [-0.05, 0) is 47.9 Å². The highest BCUT2D eigenvalue weighted by Gasteiger charge is 2.39. The van der Waals surface area contributed by atoms with E-state index in [0.29, 0.717) is 40.0 Å². The summed E-state index contributed by atoms with van der Waals surface area (Å²) in [6, 6.07) is 16.4. The van der Waals surface area contributed by atoms with Gasteiger partial charge in [-0.15, -0.1) is 11.8 Å². The van der Waals surface area contributed by atoms with Crippen molar-refractivity contribution in [1.82, 2.24) is 9.88 Å². The second-order valence-electron chi connectivity index (χ2n) is 7.82. The van der Waals surface area contributed by atoms with E-state index >= 15 is 0 Å². The van der Waals surface area contributed by atoms with Crippen LogP contribution < -0.4 is 4.74 Å². The minimum Gasteiger partial charge on any atom is -0.493 e. The van der Waals surface area contributed by atoms with Gasteiger partial charge in [0.15, 0.2) is 0 Å². The van der Waals surface area contributed by atoms with Gasteiger partial charge in [-0.1, -0.05) is 32.0 Å². The summed E-state index contributed by atoms with van der Waals surface area (Å²) >= 11 is 1.31. The number of thioether (sulfide) groups is 1. The summed E-state index contributed by atoms with van der Waals surface area (Å²) < 4.78 is 11.2. The number of nitrogens with zero attached hydrogens (tertiary/aromatic N) is 2. The molecule has 4 rings (SSSR count). The molecule has 0 fully saturated rings. The maximum Gasteiger partial charge on any atom is 0.268 e. The molecular weight excluding hydrogens is 424 g/mol. The molecule has 2 aromatic heterocycles. The van der Waals surface area contributed by atoms with Gasteiger partial charge in [-0.2, -0.15) is 0 Å². The number of pyridine rings is 1. The Labute approximate surface area is 191 Å². The maximum atomic E-state index is 13.3. The van der Waals surface area contributed by atoms with E-state index in [1.165, 1.54) is 16.7 Å². The van der Waals surface area contributed by atoms with E-state index in [0.717, 1.165) is 11.5 Å². The van der Waals surface area contributed by atoms with Crippen LogP contribution >= 0.6 is 11.8 Å². The number of benzene rings is 1. The molecule has 1 aliphatic heterocycles. The fourth-order valence-corrected chi connectivity index (χ4v) is 4.29. The van der Waals surface area contributed by atoms with Crippen molar-refractivity contribution < 1.29 is 18.7 Å². The molecule has 2 amide bonds. The maximum absolute atomic E-state index is 13.3. The average Bonchev–Trinajstić information content (AvgIpc) is 3.40. The van der Waals surface area contributed by atoms with E-state index in [2.05, 4.69) is 18.8 Å². The van der Waals surface area contributed by atoms with Gasteiger partial charge in [-0.25, -0.2) is 0 Å². The van der Waals surface area contributed by atoms with Gasteiger partial charge in [0.1, 0.15) is 11.5 Å². The molecule has 0 N–H and O–H groups in total. The lowest BCUT2D eigenvalue weighted by Gasteiger charge is -2.14. The van der Waals surface area contributed by atoms with Crippen molar-refractivity contribution in [3.63, 3.8) is 0 Å². The lowest BCUT2D eigenvalue weighted by molar-refractivity contribution is -0.137. The molecule has 32 heavy (non-hydrogen) atoms. The van der Waals surface area contributed by atoms with E-state index in [9.17, 15) is 9.59 Å². The first-order valence-corrected chi connectivity index (χ1v) is 11.4. The Morgan fingerprint density at radius 1 is 1.03 bits per heavy atom. The van der Waals surface area contributed by atoms with E-state index in [1.54, 1.807) is 30.7 Å². The first-order valence-electron chi connectivity index (χ1n) is 10.4. The standard InChI is InChI=1S/C25H24N2O4S/c1-17(2)15-31-20-10-8-18(9-11-20)22-23(32-16-21-7-5-13-30-21)25(29)27(24(22)28)14-19-6-3-4-12-26-19/h3-13,17H,14-16H2,1-2H3.